The van der Waals surface area contributed by atoms with Crippen LogP contribution in [0.2, 0.25) is 0 Å². The molecule has 0 aliphatic carbocycles. The Morgan fingerprint density at radius 1 is 1.17 bits per heavy atom. The molecular formula is C13H12F2N2O. The van der Waals surface area contributed by atoms with Crippen LogP contribution in [0.1, 0.15) is 0 Å². The number of hydrogen-bond donors (Lipinski definition) is 2. The van der Waals surface area contributed by atoms with Crippen molar-refractivity contribution in [1.82, 2.24) is 0 Å². The largest absolute Gasteiger partial charge is 0.495 e. The Bertz CT molecular complexity index is 553. The van der Waals surface area contributed by atoms with Gasteiger partial charge in [-0.15, -0.1) is 0 Å². The van der Waals surface area contributed by atoms with Crippen molar-refractivity contribution < 1.29 is 13.5 Å². The molecule has 2 rings (SSSR count). The van der Waals surface area contributed by atoms with Gasteiger partial charge in [-0.2, -0.15) is 0 Å². The molecule has 5 heteroatoms. The van der Waals surface area contributed by atoms with Crippen LogP contribution >= 0.6 is 0 Å². The SMILES string of the molecule is COc1ccc(F)cc1Nc1c(N)cccc1F. The maximum Gasteiger partial charge on any atom is 0.148 e. The second kappa shape index (κ2) is 4.91. The molecule has 0 aliphatic rings. The lowest BCUT2D eigenvalue weighted by molar-refractivity contribution is 0.416. The smallest absolute Gasteiger partial charge is 0.148 e. The predicted molar refractivity (Wildman–Crippen MR) is 67.0 cm³/mol. The van der Waals surface area contributed by atoms with Gasteiger partial charge in [-0.3, -0.25) is 0 Å². The molecule has 3 nitrogen and oxygen atoms in total. The van der Waals surface area contributed by atoms with E-state index in [2.05, 4.69) is 5.32 Å². The zero-order valence-corrected chi connectivity index (χ0v) is 9.71. The Labute approximate surface area is 103 Å². The summed E-state index contributed by atoms with van der Waals surface area (Å²) in [6.45, 7) is 0. The quantitative estimate of drug-likeness (QED) is 0.822. The molecule has 0 spiro atoms. The normalized spacial score (nSPS) is 10.2. The van der Waals surface area contributed by atoms with E-state index in [1.165, 1.54) is 37.4 Å². The highest BCUT2D eigenvalue weighted by Gasteiger charge is 2.10. The van der Waals surface area contributed by atoms with Gasteiger partial charge in [0, 0.05) is 6.07 Å². The Hall–Kier alpha value is -2.30. The zero-order valence-electron chi connectivity index (χ0n) is 9.71. The first-order valence-corrected chi connectivity index (χ1v) is 5.26. The number of methoxy groups -OCH3 is 1. The van der Waals surface area contributed by atoms with E-state index in [1.54, 1.807) is 6.07 Å². The molecule has 0 aromatic heterocycles. The minimum atomic E-state index is -0.513. The topological polar surface area (TPSA) is 47.3 Å². The van der Waals surface area contributed by atoms with Gasteiger partial charge in [0.25, 0.3) is 0 Å². The Morgan fingerprint density at radius 2 is 1.94 bits per heavy atom. The molecule has 0 saturated heterocycles. The minimum Gasteiger partial charge on any atom is -0.495 e. The van der Waals surface area contributed by atoms with E-state index in [-0.39, 0.29) is 11.4 Å². The molecule has 2 aromatic rings. The van der Waals surface area contributed by atoms with Crippen LogP contribution in [0, 0.1) is 11.6 Å². The highest BCUT2D eigenvalue weighted by atomic mass is 19.1. The van der Waals surface area contributed by atoms with Crippen LogP contribution in [0.3, 0.4) is 0 Å². The van der Waals surface area contributed by atoms with E-state index in [4.69, 9.17) is 10.5 Å². The molecule has 0 heterocycles. The molecule has 0 amide bonds. The molecule has 0 unspecified atom stereocenters. The minimum absolute atomic E-state index is 0.0985. The van der Waals surface area contributed by atoms with Crippen molar-refractivity contribution in [2.75, 3.05) is 18.2 Å². The van der Waals surface area contributed by atoms with E-state index in [9.17, 15) is 8.78 Å². The van der Waals surface area contributed by atoms with Crippen LogP contribution in [-0.2, 0) is 0 Å². The maximum atomic E-state index is 13.6. The van der Waals surface area contributed by atoms with Crippen molar-refractivity contribution in [3.8, 4) is 5.75 Å². The molecule has 0 radical (unpaired) electrons. The van der Waals surface area contributed by atoms with E-state index < -0.39 is 11.6 Å². The summed E-state index contributed by atoms with van der Waals surface area (Å²) < 4.78 is 31.8. The molecule has 0 fully saturated rings. The van der Waals surface area contributed by atoms with Crippen molar-refractivity contribution in [2.24, 2.45) is 0 Å². The third-order valence-electron chi connectivity index (χ3n) is 2.47. The number of benzene rings is 2. The monoisotopic (exact) mass is 250 g/mol. The van der Waals surface area contributed by atoms with Crippen LogP contribution < -0.4 is 15.8 Å². The van der Waals surface area contributed by atoms with Gasteiger partial charge in [-0.25, -0.2) is 8.78 Å². The van der Waals surface area contributed by atoms with Crippen molar-refractivity contribution in [1.29, 1.82) is 0 Å². The van der Waals surface area contributed by atoms with Crippen molar-refractivity contribution >= 4 is 17.1 Å². The molecule has 3 N–H and O–H groups in total. The summed E-state index contributed by atoms with van der Waals surface area (Å²) in [6.07, 6.45) is 0. The number of halogens is 2. The number of nitrogens with two attached hydrogens (primary N) is 1. The summed E-state index contributed by atoms with van der Waals surface area (Å²) in [5.41, 5.74) is 6.31. The summed E-state index contributed by atoms with van der Waals surface area (Å²) in [5, 5.41) is 2.74. The van der Waals surface area contributed by atoms with Gasteiger partial charge < -0.3 is 15.8 Å². The van der Waals surface area contributed by atoms with Crippen LogP contribution in [0.5, 0.6) is 5.75 Å². The summed E-state index contributed by atoms with van der Waals surface area (Å²) in [6, 6.07) is 8.24. The van der Waals surface area contributed by atoms with Crippen molar-refractivity contribution in [2.45, 2.75) is 0 Å². The van der Waals surface area contributed by atoms with Gasteiger partial charge in [-0.05, 0) is 24.3 Å². The van der Waals surface area contributed by atoms with Gasteiger partial charge in [0.05, 0.1) is 24.2 Å². The summed E-state index contributed by atoms with van der Waals surface area (Å²) in [7, 11) is 1.45. The van der Waals surface area contributed by atoms with E-state index in [0.29, 0.717) is 11.4 Å². The zero-order chi connectivity index (χ0) is 13.1. The van der Waals surface area contributed by atoms with Gasteiger partial charge in [0.1, 0.15) is 17.4 Å². The molecule has 18 heavy (non-hydrogen) atoms. The fraction of sp³-hybridized carbons (Fsp3) is 0.0769. The number of para-hydroxylation sites is 1. The van der Waals surface area contributed by atoms with E-state index in [1.807, 2.05) is 0 Å². The fourth-order valence-electron chi connectivity index (χ4n) is 1.59. The highest BCUT2D eigenvalue weighted by molar-refractivity contribution is 5.75. The molecule has 2 aromatic carbocycles. The van der Waals surface area contributed by atoms with Gasteiger partial charge in [-0.1, -0.05) is 6.07 Å². The van der Waals surface area contributed by atoms with Gasteiger partial charge in [0.2, 0.25) is 0 Å². The predicted octanol–water partition coefficient (Wildman–Crippen LogP) is 3.30. The molecule has 0 saturated carbocycles. The molecule has 0 bridgehead atoms. The molecule has 0 aliphatic heterocycles. The third kappa shape index (κ3) is 2.34. The number of ether oxygens (including phenoxy) is 1. The Balaban J connectivity index is 2.42. The van der Waals surface area contributed by atoms with Crippen LogP contribution in [0.4, 0.5) is 25.8 Å². The van der Waals surface area contributed by atoms with Crippen LogP contribution in [0.15, 0.2) is 36.4 Å². The average Bonchev–Trinajstić information content (AvgIpc) is 2.34. The van der Waals surface area contributed by atoms with E-state index in [0.717, 1.165) is 0 Å². The summed E-state index contributed by atoms with van der Waals surface area (Å²) >= 11 is 0. The molecule has 0 atom stereocenters. The van der Waals surface area contributed by atoms with Crippen LogP contribution in [-0.4, -0.2) is 7.11 Å². The number of hydrogen-bond acceptors (Lipinski definition) is 3. The number of nitrogen functional groups attached to an aromatic ring is 1. The second-order valence-corrected chi connectivity index (χ2v) is 3.67. The first kappa shape index (κ1) is 12.2. The lowest BCUT2D eigenvalue weighted by atomic mass is 10.2. The number of nitrogens with one attached hydrogen (secondary N) is 1. The van der Waals surface area contributed by atoms with Crippen molar-refractivity contribution in [3.05, 3.63) is 48.0 Å². The average molecular weight is 250 g/mol. The first-order chi connectivity index (χ1) is 8.61. The third-order valence-corrected chi connectivity index (χ3v) is 2.47. The lowest BCUT2D eigenvalue weighted by Crippen LogP contribution is -2.01. The Morgan fingerprint density at radius 3 is 2.61 bits per heavy atom. The highest BCUT2D eigenvalue weighted by Crippen LogP contribution is 2.32. The number of rotatable bonds is 3. The second-order valence-electron chi connectivity index (χ2n) is 3.67. The number of anilines is 3. The molecular weight excluding hydrogens is 238 g/mol. The van der Waals surface area contributed by atoms with E-state index >= 15 is 0 Å². The maximum absolute atomic E-state index is 13.6. The van der Waals surface area contributed by atoms with Gasteiger partial charge >= 0.3 is 0 Å². The Kier molecular flexibility index (Phi) is 3.32. The summed E-state index contributed by atoms with van der Waals surface area (Å²) in [5.74, 6) is -0.562. The lowest BCUT2D eigenvalue weighted by Gasteiger charge is -2.13. The standard InChI is InChI=1S/C13H12F2N2O/c1-18-12-6-5-8(14)7-11(12)17-13-9(15)3-2-4-10(13)16/h2-7,17H,16H2,1H3. The van der Waals surface area contributed by atoms with Gasteiger partial charge in [0.15, 0.2) is 0 Å². The van der Waals surface area contributed by atoms with Crippen LogP contribution in [0.25, 0.3) is 0 Å². The first-order valence-electron chi connectivity index (χ1n) is 5.26. The fourth-order valence-corrected chi connectivity index (χ4v) is 1.59. The van der Waals surface area contributed by atoms with Crippen molar-refractivity contribution in [3.63, 3.8) is 0 Å². The summed E-state index contributed by atoms with van der Waals surface area (Å²) in [4.78, 5) is 0. The molecule has 94 valence electrons.